The molecule has 0 aliphatic rings. The van der Waals surface area contributed by atoms with Crippen molar-refractivity contribution >= 4 is 87.6 Å². The number of rotatable bonds is 8. The van der Waals surface area contributed by atoms with Crippen LogP contribution in [0.4, 0.5) is 34.3 Å². The molecule has 3 aromatic heterocycles. The molecule has 0 aliphatic carbocycles. The molecular formula is C53H36N4S. The van der Waals surface area contributed by atoms with Crippen molar-refractivity contribution in [2.75, 3.05) is 9.80 Å². The summed E-state index contributed by atoms with van der Waals surface area (Å²) in [6.07, 6.45) is 1.98. The lowest BCUT2D eigenvalue weighted by Gasteiger charge is -2.27. The second-order valence-corrected chi connectivity index (χ2v) is 15.5. The molecule has 0 saturated heterocycles. The van der Waals surface area contributed by atoms with Gasteiger partial charge in [0.05, 0.1) is 22.9 Å². The maximum absolute atomic E-state index is 5.18. The van der Waals surface area contributed by atoms with Crippen molar-refractivity contribution in [3.8, 4) is 16.8 Å². The summed E-state index contributed by atoms with van der Waals surface area (Å²) in [5.41, 5.74) is 11.1. The largest absolute Gasteiger partial charge is 0.309 e. The SMILES string of the molecule is c1ccc(N(c2ccccc2)c2ccc(N(c3ccc(-c4cccc5c4sc4ccccc45)cc3)c3ccc(-n4c5ccccc5c5ccccc54)cc3)nc2)cc1. The Hall–Kier alpha value is -7.47. The molecule has 0 N–H and O–H groups in total. The highest BCUT2D eigenvalue weighted by atomic mass is 32.1. The molecule has 11 aromatic rings. The highest BCUT2D eigenvalue weighted by molar-refractivity contribution is 7.26. The lowest BCUT2D eigenvalue weighted by Crippen LogP contribution is -2.13. The first-order valence-corrected chi connectivity index (χ1v) is 20.4. The average molecular weight is 761 g/mol. The highest BCUT2D eigenvalue weighted by Crippen LogP contribution is 2.42. The van der Waals surface area contributed by atoms with Crippen LogP contribution in [0, 0.1) is 0 Å². The Morgan fingerprint density at radius 3 is 1.52 bits per heavy atom. The van der Waals surface area contributed by atoms with Gasteiger partial charge in [0.2, 0.25) is 0 Å². The zero-order valence-electron chi connectivity index (χ0n) is 31.5. The summed E-state index contributed by atoms with van der Waals surface area (Å²) in [6, 6.07) is 75.6. The predicted octanol–water partition coefficient (Wildman–Crippen LogP) is 15.2. The smallest absolute Gasteiger partial charge is 0.137 e. The third-order valence-corrected chi connectivity index (χ3v) is 12.3. The van der Waals surface area contributed by atoms with Crippen LogP contribution in [-0.2, 0) is 0 Å². The van der Waals surface area contributed by atoms with E-state index >= 15 is 0 Å². The van der Waals surface area contributed by atoms with Crippen LogP contribution in [0.3, 0.4) is 0 Å². The first-order chi connectivity index (χ1) is 28.8. The number of benzene rings is 8. The summed E-state index contributed by atoms with van der Waals surface area (Å²) in [5, 5.41) is 5.11. The molecule has 8 aromatic carbocycles. The zero-order chi connectivity index (χ0) is 38.4. The number of para-hydroxylation sites is 4. The van der Waals surface area contributed by atoms with E-state index in [0.29, 0.717) is 0 Å². The van der Waals surface area contributed by atoms with Crippen LogP contribution in [0.2, 0.25) is 0 Å². The molecule has 0 atom stereocenters. The van der Waals surface area contributed by atoms with Crippen molar-refractivity contribution in [2.45, 2.75) is 0 Å². The van der Waals surface area contributed by atoms with Gasteiger partial charge in [0.1, 0.15) is 5.82 Å². The number of anilines is 6. The molecule has 4 nitrogen and oxygen atoms in total. The fraction of sp³-hybridized carbons (Fsp3) is 0. The first-order valence-electron chi connectivity index (χ1n) is 19.5. The van der Waals surface area contributed by atoms with Gasteiger partial charge in [0.25, 0.3) is 0 Å². The van der Waals surface area contributed by atoms with Crippen LogP contribution < -0.4 is 9.80 Å². The van der Waals surface area contributed by atoms with Crippen molar-refractivity contribution < 1.29 is 0 Å². The van der Waals surface area contributed by atoms with Gasteiger partial charge in [-0.1, -0.05) is 121 Å². The number of thiophene rings is 1. The maximum Gasteiger partial charge on any atom is 0.137 e. The summed E-state index contributed by atoms with van der Waals surface area (Å²) in [4.78, 5) is 9.67. The van der Waals surface area contributed by atoms with E-state index < -0.39 is 0 Å². The van der Waals surface area contributed by atoms with Crippen LogP contribution in [0.5, 0.6) is 0 Å². The van der Waals surface area contributed by atoms with Crippen LogP contribution in [-0.4, -0.2) is 9.55 Å². The standard InChI is InChI=1S/C53H36N4S/c1-3-14-38(15-4-1)55(39-16-5-2-6-17-39)43-34-35-52(54-36-43)56(40-28-26-37(27-29-40)44-21-13-22-48-47-20-9-12-25-51(47)58-53(44)48)41-30-32-42(33-31-41)57-49-23-10-7-18-45(49)46-19-8-11-24-50(46)57/h1-36H. The molecule has 0 aliphatic heterocycles. The van der Waals surface area contributed by atoms with Gasteiger partial charge in [0, 0.05) is 59.4 Å². The Kier molecular flexibility index (Phi) is 8.30. The average Bonchev–Trinajstić information content (AvgIpc) is 3.85. The molecular weight excluding hydrogens is 725 g/mol. The molecule has 0 spiro atoms. The van der Waals surface area contributed by atoms with E-state index in [-0.39, 0.29) is 0 Å². The fourth-order valence-corrected chi connectivity index (χ4v) is 9.61. The third-order valence-electron chi connectivity index (χ3n) is 11.0. The summed E-state index contributed by atoms with van der Waals surface area (Å²) in [7, 11) is 0. The summed E-state index contributed by atoms with van der Waals surface area (Å²) >= 11 is 1.86. The summed E-state index contributed by atoms with van der Waals surface area (Å²) in [5.74, 6) is 0.828. The lowest BCUT2D eigenvalue weighted by atomic mass is 10.0. The molecule has 3 heterocycles. The molecule has 0 unspecified atom stereocenters. The third kappa shape index (κ3) is 5.80. The second kappa shape index (κ2) is 14.2. The van der Waals surface area contributed by atoms with Crippen LogP contribution in [0.15, 0.2) is 219 Å². The van der Waals surface area contributed by atoms with Crippen LogP contribution in [0.1, 0.15) is 0 Å². The van der Waals surface area contributed by atoms with E-state index in [1.807, 2.05) is 29.7 Å². The minimum atomic E-state index is 0.828. The van der Waals surface area contributed by atoms with Crippen molar-refractivity contribution in [1.82, 2.24) is 9.55 Å². The van der Waals surface area contributed by atoms with Crippen LogP contribution in [0.25, 0.3) is 58.8 Å². The molecule has 5 heteroatoms. The Bertz CT molecular complexity index is 3110. The molecule has 58 heavy (non-hydrogen) atoms. The van der Waals surface area contributed by atoms with Gasteiger partial charge in [-0.05, 0) is 102 Å². The molecule has 0 bridgehead atoms. The molecule has 0 amide bonds. The topological polar surface area (TPSA) is 24.3 Å². The maximum atomic E-state index is 5.18. The van der Waals surface area contributed by atoms with Crippen LogP contribution >= 0.6 is 11.3 Å². The van der Waals surface area contributed by atoms with Gasteiger partial charge >= 0.3 is 0 Å². The Balaban J connectivity index is 1.02. The number of fused-ring (bicyclic) bond motifs is 6. The zero-order valence-corrected chi connectivity index (χ0v) is 32.3. The van der Waals surface area contributed by atoms with Gasteiger partial charge in [0.15, 0.2) is 0 Å². The van der Waals surface area contributed by atoms with E-state index in [9.17, 15) is 0 Å². The van der Waals surface area contributed by atoms with E-state index in [1.165, 1.54) is 53.1 Å². The molecule has 0 fully saturated rings. The van der Waals surface area contributed by atoms with Gasteiger partial charge in [-0.2, -0.15) is 0 Å². The fourth-order valence-electron chi connectivity index (χ4n) is 8.37. The Labute approximate surface area is 340 Å². The number of hydrogen-bond donors (Lipinski definition) is 0. The van der Waals surface area contributed by atoms with Gasteiger partial charge in [-0.15, -0.1) is 11.3 Å². The Morgan fingerprint density at radius 1 is 0.379 bits per heavy atom. The van der Waals surface area contributed by atoms with E-state index in [4.69, 9.17) is 4.98 Å². The van der Waals surface area contributed by atoms with Crippen molar-refractivity contribution in [3.63, 3.8) is 0 Å². The van der Waals surface area contributed by atoms with E-state index in [1.54, 1.807) is 0 Å². The highest BCUT2D eigenvalue weighted by Gasteiger charge is 2.19. The predicted molar refractivity (Wildman–Crippen MR) is 246 cm³/mol. The van der Waals surface area contributed by atoms with Gasteiger partial charge in [-0.25, -0.2) is 4.98 Å². The Morgan fingerprint density at radius 2 is 0.897 bits per heavy atom. The van der Waals surface area contributed by atoms with E-state index in [0.717, 1.165) is 39.9 Å². The number of hydrogen-bond acceptors (Lipinski definition) is 4. The summed E-state index contributed by atoms with van der Waals surface area (Å²) in [6.45, 7) is 0. The monoisotopic (exact) mass is 760 g/mol. The molecule has 0 saturated carbocycles. The number of aromatic nitrogens is 2. The van der Waals surface area contributed by atoms with Crippen molar-refractivity contribution in [2.24, 2.45) is 0 Å². The van der Waals surface area contributed by atoms with E-state index in [2.05, 4.69) is 215 Å². The van der Waals surface area contributed by atoms with Crippen molar-refractivity contribution in [1.29, 1.82) is 0 Å². The quantitative estimate of drug-likeness (QED) is 0.154. The second-order valence-electron chi connectivity index (χ2n) is 14.4. The normalized spacial score (nSPS) is 11.4. The molecule has 274 valence electrons. The first kappa shape index (κ1) is 33.8. The molecule has 11 rings (SSSR count). The van der Waals surface area contributed by atoms with Gasteiger partial charge in [-0.3, -0.25) is 4.90 Å². The van der Waals surface area contributed by atoms with Crippen molar-refractivity contribution in [3.05, 3.63) is 219 Å². The van der Waals surface area contributed by atoms with Gasteiger partial charge < -0.3 is 9.47 Å². The minimum Gasteiger partial charge on any atom is -0.309 e. The molecule has 0 radical (unpaired) electrons. The number of nitrogens with zero attached hydrogens (tertiary/aromatic N) is 4. The number of pyridine rings is 1. The lowest BCUT2D eigenvalue weighted by molar-refractivity contribution is 1.15. The minimum absolute atomic E-state index is 0.828. The summed E-state index contributed by atoms with van der Waals surface area (Å²) < 4.78 is 4.98.